The molecule has 10 nitrogen and oxygen atoms in total. The van der Waals surface area contributed by atoms with Crippen molar-refractivity contribution in [3.05, 3.63) is 83.1 Å². The SMILES string of the molecule is COc1ccc(S(=O)(=O)N2C(=O)C(OC(=O)N(C)C)(c3cccc4ccoc34)c3cc(Cl)ccc32)c(OC)c1. The lowest BCUT2D eigenvalue weighted by Crippen LogP contribution is -2.48. The number of hydrogen-bond donors (Lipinski definition) is 0. The van der Waals surface area contributed by atoms with Crippen LogP contribution in [0.15, 0.2) is 76.2 Å². The van der Waals surface area contributed by atoms with Gasteiger partial charge in [-0.2, -0.15) is 4.31 Å². The molecule has 0 aliphatic carbocycles. The number of carbonyl (C=O) groups is 2. The summed E-state index contributed by atoms with van der Waals surface area (Å²) < 4.78 is 51.2. The van der Waals surface area contributed by atoms with Gasteiger partial charge in [-0.15, -0.1) is 0 Å². The number of anilines is 1. The standard InChI is InChI=1S/C27H23ClN2O8S/c1-29(2)26(32)38-27(19-7-5-6-16-12-13-37-24(16)19)20-14-17(28)8-10-21(20)30(25(27)31)39(33,34)23-11-9-18(35-3)15-22(23)36-4/h5-15H,1-4H3. The van der Waals surface area contributed by atoms with Crippen molar-refractivity contribution in [3.63, 3.8) is 0 Å². The van der Waals surface area contributed by atoms with Gasteiger partial charge >= 0.3 is 6.09 Å². The smallest absolute Gasteiger partial charge is 0.411 e. The van der Waals surface area contributed by atoms with Crippen molar-refractivity contribution in [2.24, 2.45) is 0 Å². The van der Waals surface area contributed by atoms with Crippen LogP contribution in [-0.2, 0) is 25.2 Å². The van der Waals surface area contributed by atoms with Gasteiger partial charge in [0.25, 0.3) is 15.9 Å². The molecule has 12 heteroatoms. The number of nitrogens with zero attached hydrogens (tertiary/aromatic N) is 2. The zero-order valence-electron chi connectivity index (χ0n) is 21.3. The second-order valence-corrected chi connectivity index (χ2v) is 11.0. The summed E-state index contributed by atoms with van der Waals surface area (Å²) in [6, 6.07) is 14.9. The number of sulfonamides is 1. The molecule has 0 saturated heterocycles. The van der Waals surface area contributed by atoms with E-state index in [0.29, 0.717) is 15.4 Å². The van der Waals surface area contributed by atoms with Crippen molar-refractivity contribution in [2.45, 2.75) is 10.5 Å². The summed E-state index contributed by atoms with van der Waals surface area (Å²) in [5, 5.41) is 0.807. The topological polar surface area (TPSA) is 116 Å². The van der Waals surface area contributed by atoms with E-state index in [1.807, 2.05) is 0 Å². The zero-order valence-corrected chi connectivity index (χ0v) is 22.9. The quantitative estimate of drug-likeness (QED) is 0.325. The van der Waals surface area contributed by atoms with E-state index in [9.17, 15) is 18.0 Å². The number of halogens is 1. The van der Waals surface area contributed by atoms with Crippen LogP contribution in [0.3, 0.4) is 0 Å². The molecule has 0 fully saturated rings. The average Bonchev–Trinajstić information content (AvgIpc) is 3.49. The Balaban J connectivity index is 1.83. The van der Waals surface area contributed by atoms with Crippen molar-refractivity contribution < 1.29 is 36.6 Å². The van der Waals surface area contributed by atoms with E-state index in [0.717, 1.165) is 4.90 Å². The molecular formula is C27H23ClN2O8S. The Morgan fingerprint density at radius 2 is 1.77 bits per heavy atom. The summed E-state index contributed by atoms with van der Waals surface area (Å²) in [6.07, 6.45) is 0.532. The van der Waals surface area contributed by atoms with Crippen molar-refractivity contribution in [1.82, 2.24) is 4.90 Å². The number of carbonyl (C=O) groups excluding carboxylic acids is 2. The fourth-order valence-corrected chi connectivity index (χ4v) is 6.34. The largest absolute Gasteiger partial charge is 0.497 e. The van der Waals surface area contributed by atoms with Crippen LogP contribution in [0.25, 0.3) is 11.0 Å². The van der Waals surface area contributed by atoms with E-state index in [2.05, 4.69) is 0 Å². The first-order valence-corrected chi connectivity index (χ1v) is 13.4. The van der Waals surface area contributed by atoms with Gasteiger partial charge in [0.1, 0.15) is 22.0 Å². The first-order chi connectivity index (χ1) is 18.6. The van der Waals surface area contributed by atoms with Gasteiger partial charge in [-0.3, -0.25) is 4.79 Å². The molecule has 1 atom stereocenters. The lowest BCUT2D eigenvalue weighted by Gasteiger charge is -2.30. The maximum Gasteiger partial charge on any atom is 0.411 e. The van der Waals surface area contributed by atoms with Gasteiger partial charge in [-0.05, 0) is 36.4 Å². The number of benzene rings is 3. The lowest BCUT2D eigenvalue weighted by molar-refractivity contribution is -0.132. The van der Waals surface area contributed by atoms with Gasteiger partial charge in [0.05, 0.1) is 31.7 Å². The van der Waals surface area contributed by atoms with E-state index in [1.54, 1.807) is 24.3 Å². The van der Waals surface area contributed by atoms with Gasteiger partial charge in [0.2, 0.25) is 5.60 Å². The molecule has 3 aromatic carbocycles. The molecule has 1 aliphatic rings. The molecule has 202 valence electrons. The fourth-order valence-electron chi connectivity index (χ4n) is 4.57. The third-order valence-electron chi connectivity index (χ3n) is 6.40. The number of methoxy groups -OCH3 is 2. The summed E-state index contributed by atoms with van der Waals surface area (Å²) >= 11 is 6.35. The monoisotopic (exact) mass is 570 g/mol. The number of fused-ring (bicyclic) bond motifs is 2. The van der Waals surface area contributed by atoms with E-state index in [-0.39, 0.29) is 38.1 Å². The van der Waals surface area contributed by atoms with Crippen LogP contribution in [0.4, 0.5) is 10.5 Å². The first-order valence-electron chi connectivity index (χ1n) is 11.5. The van der Waals surface area contributed by atoms with Crippen LogP contribution >= 0.6 is 11.6 Å². The first kappa shape index (κ1) is 26.4. The molecule has 0 spiro atoms. The zero-order chi connectivity index (χ0) is 28.1. The Hall–Kier alpha value is -4.22. The molecule has 4 aromatic rings. The van der Waals surface area contributed by atoms with Gasteiger partial charge in [0, 0.05) is 36.1 Å². The number of hydrogen-bond acceptors (Lipinski definition) is 8. The predicted octanol–water partition coefficient (Wildman–Crippen LogP) is 4.78. The molecule has 0 saturated carbocycles. The Morgan fingerprint density at radius 1 is 1.00 bits per heavy atom. The summed E-state index contributed by atoms with van der Waals surface area (Å²) in [6.45, 7) is 0. The maximum absolute atomic E-state index is 14.6. The second kappa shape index (κ2) is 9.51. The van der Waals surface area contributed by atoms with E-state index in [1.165, 1.54) is 71.0 Å². The van der Waals surface area contributed by atoms with E-state index >= 15 is 0 Å². The average molecular weight is 571 g/mol. The number of ether oxygens (including phenoxy) is 3. The van der Waals surface area contributed by atoms with Crippen LogP contribution in [-0.4, -0.2) is 53.6 Å². The molecule has 2 heterocycles. The minimum absolute atomic E-state index is 0.0441. The highest BCUT2D eigenvalue weighted by Crippen LogP contribution is 2.52. The van der Waals surface area contributed by atoms with Gasteiger partial charge in [-0.25, -0.2) is 13.2 Å². The van der Waals surface area contributed by atoms with Crippen LogP contribution in [0.5, 0.6) is 11.5 Å². The third kappa shape index (κ3) is 3.96. The second-order valence-electron chi connectivity index (χ2n) is 8.84. The number of para-hydroxylation sites is 1. The highest BCUT2D eigenvalue weighted by Gasteiger charge is 2.60. The highest BCUT2D eigenvalue weighted by atomic mass is 35.5. The molecule has 5 rings (SSSR count). The Kier molecular flexibility index (Phi) is 6.44. The van der Waals surface area contributed by atoms with Crippen LogP contribution < -0.4 is 13.8 Å². The molecule has 0 bridgehead atoms. The van der Waals surface area contributed by atoms with Crippen LogP contribution in [0.1, 0.15) is 11.1 Å². The van der Waals surface area contributed by atoms with Crippen molar-refractivity contribution in [1.29, 1.82) is 0 Å². The Morgan fingerprint density at radius 3 is 2.46 bits per heavy atom. The normalized spacial score (nSPS) is 16.7. The molecule has 39 heavy (non-hydrogen) atoms. The minimum Gasteiger partial charge on any atom is -0.497 e. The summed E-state index contributed by atoms with van der Waals surface area (Å²) in [7, 11) is 0.980. The number of rotatable bonds is 6. The van der Waals surface area contributed by atoms with Gasteiger partial charge < -0.3 is 23.5 Å². The van der Waals surface area contributed by atoms with Crippen molar-refractivity contribution in [2.75, 3.05) is 32.6 Å². The summed E-state index contributed by atoms with van der Waals surface area (Å²) in [5.41, 5.74) is -1.88. The van der Waals surface area contributed by atoms with Crippen LogP contribution in [0.2, 0.25) is 5.02 Å². The number of furan rings is 1. The van der Waals surface area contributed by atoms with Crippen molar-refractivity contribution >= 4 is 50.3 Å². The fraction of sp³-hybridized carbons (Fsp3) is 0.185. The van der Waals surface area contributed by atoms with Crippen molar-refractivity contribution in [3.8, 4) is 11.5 Å². The Bertz CT molecular complexity index is 1730. The number of amides is 2. The summed E-state index contributed by atoms with van der Waals surface area (Å²) in [5.74, 6) is -0.755. The minimum atomic E-state index is -4.63. The molecule has 0 N–H and O–H groups in total. The molecule has 1 aliphatic heterocycles. The predicted molar refractivity (Wildman–Crippen MR) is 143 cm³/mol. The van der Waals surface area contributed by atoms with E-state index < -0.39 is 27.6 Å². The highest BCUT2D eigenvalue weighted by molar-refractivity contribution is 7.93. The molecule has 1 aromatic heterocycles. The lowest BCUT2D eigenvalue weighted by atomic mass is 9.86. The third-order valence-corrected chi connectivity index (χ3v) is 8.37. The van der Waals surface area contributed by atoms with E-state index in [4.69, 9.17) is 30.2 Å². The maximum atomic E-state index is 14.6. The van der Waals surface area contributed by atoms with Gasteiger partial charge in [-0.1, -0.05) is 29.8 Å². The molecule has 0 radical (unpaired) electrons. The molecule has 1 unspecified atom stereocenters. The summed E-state index contributed by atoms with van der Waals surface area (Å²) in [4.78, 5) is 28.5. The Labute approximate surface area is 229 Å². The van der Waals surface area contributed by atoms with Crippen LogP contribution in [0, 0.1) is 0 Å². The molecular weight excluding hydrogens is 548 g/mol. The molecule has 2 amide bonds. The van der Waals surface area contributed by atoms with Gasteiger partial charge in [0.15, 0.2) is 0 Å².